The van der Waals surface area contributed by atoms with E-state index in [9.17, 15) is 4.79 Å². The number of fused-ring (bicyclic) bond motifs is 1. The molecule has 0 spiro atoms. The van der Waals surface area contributed by atoms with Crippen molar-refractivity contribution in [2.45, 2.75) is 25.3 Å². The van der Waals surface area contributed by atoms with Gasteiger partial charge in [0, 0.05) is 12.5 Å². The number of hydrogen-bond donors (Lipinski definition) is 3. The van der Waals surface area contributed by atoms with Crippen LogP contribution in [0.4, 0.5) is 0 Å². The molecule has 0 radical (unpaired) electrons. The van der Waals surface area contributed by atoms with E-state index in [4.69, 9.17) is 5.11 Å². The van der Waals surface area contributed by atoms with Crippen molar-refractivity contribution in [2.75, 3.05) is 6.54 Å². The van der Waals surface area contributed by atoms with Crippen LogP contribution in [-0.2, 0) is 6.42 Å². The van der Waals surface area contributed by atoms with E-state index in [1.54, 1.807) is 18.2 Å². The van der Waals surface area contributed by atoms with Gasteiger partial charge in [-0.05, 0) is 37.6 Å². The van der Waals surface area contributed by atoms with Crippen molar-refractivity contribution >= 4 is 17.0 Å². The van der Waals surface area contributed by atoms with Crippen LogP contribution in [0.25, 0.3) is 11.0 Å². The molecule has 94 valence electrons. The van der Waals surface area contributed by atoms with Crippen LogP contribution in [0.2, 0.25) is 0 Å². The number of imidazole rings is 1. The van der Waals surface area contributed by atoms with Crippen LogP contribution in [0, 0.1) is 0 Å². The minimum Gasteiger partial charge on any atom is -0.478 e. The van der Waals surface area contributed by atoms with Gasteiger partial charge in [0.15, 0.2) is 0 Å². The fourth-order valence-corrected chi connectivity index (χ4v) is 2.46. The van der Waals surface area contributed by atoms with Gasteiger partial charge in [0.25, 0.3) is 0 Å². The third-order valence-electron chi connectivity index (χ3n) is 3.38. The van der Waals surface area contributed by atoms with E-state index in [0.717, 1.165) is 29.8 Å². The van der Waals surface area contributed by atoms with E-state index < -0.39 is 5.97 Å². The number of rotatable bonds is 3. The number of nitrogens with zero attached hydrogens (tertiary/aromatic N) is 1. The van der Waals surface area contributed by atoms with Crippen LogP contribution in [0.1, 0.15) is 29.0 Å². The molecule has 0 aliphatic carbocycles. The Kier molecular flexibility index (Phi) is 2.76. The molecule has 0 saturated carbocycles. The van der Waals surface area contributed by atoms with Crippen molar-refractivity contribution in [3.8, 4) is 0 Å². The molecule has 1 aromatic heterocycles. The average molecular weight is 245 g/mol. The molecule has 1 atom stereocenters. The highest BCUT2D eigenvalue weighted by Crippen LogP contribution is 2.16. The molecule has 1 aromatic carbocycles. The Morgan fingerprint density at radius 3 is 3.11 bits per heavy atom. The van der Waals surface area contributed by atoms with Crippen LogP contribution in [-0.4, -0.2) is 33.6 Å². The summed E-state index contributed by atoms with van der Waals surface area (Å²) in [5.74, 6) is 0.0115. The summed E-state index contributed by atoms with van der Waals surface area (Å²) in [6.07, 6.45) is 3.27. The van der Waals surface area contributed by atoms with E-state index in [1.165, 1.54) is 12.8 Å². The number of hydrogen-bond acceptors (Lipinski definition) is 3. The summed E-state index contributed by atoms with van der Waals surface area (Å²) in [6, 6.07) is 5.46. The molecule has 3 N–H and O–H groups in total. The predicted molar refractivity (Wildman–Crippen MR) is 67.8 cm³/mol. The standard InChI is InChI=1S/C13H15N3O2/c17-13(18)8-3-4-10-11(6-8)16-12(15-10)7-9-2-1-5-14-9/h3-4,6,9,14H,1-2,5,7H2,(H,15,16)(H,17,18). The topological polar surface area (TPSA) is 78.0 Å². The Bertz CT molecular complexity index is 585. The summed E-state index contributed by atoms with van der Waals surface area (Å²) in [5, 5.41) is 12.4. The number of benzene rings is 1. The van der Waals surface area contributed by atoms with E-state index >= 15 is 0 Å². The number of carboxylic acid groups (broad SMARTS) is 1. The molecule has 2 aromatic rings. The lowest BCUT2D eigenvalue weighted by Gasteiger charge is -2.06. The summed E-state index contributed by atoms with van der Waals surface area (Å²) in [5.41, 5.74) is 1.91. The Morgan fingerprint density at radius 1 is 1.50 bits per heavy atom. The SMILES string of the molecule is O=C(O)c1ccc2nc(CC3CCCN3)[nH]c2c1. The van der Waals surface area contributed by atoms with Gasteiger partial charge in [0.2, 0.25) is 0 Å². The Hall–Kier alpha value is -1.88. The monoisotopic (exact) mass is 245 g/mol. The van der Waals surface area contributed by atoms with Gasteiger partial charge in [-0.1, -0.05) is 0 Å². The van der Waals surface area contributed by atoms with Gasteiger partial charge in [0.05, 0.1) is 16.6 Å². The van der Waals surface area contributed by atoms with Gasteiger partial charge in [-0.25, -0.2) is 9.78 Å². The molecule has 5 heteroatoms. The average Bonchev–Trinajstić information content (AvgIpc) is 2.96. The second kappa shape index (κ2) is 4.42. The smallest absolute Gasteiger partial charge is 0.335 e. The van der Waals surface area contributed by atoms with Gasteiger partial charge in [-0.2, -0.15) is 0 Å². The number of carboxylic acids is 1. The second-order valence-electron chi connectivity index (χ2n) is 4.72. The zero-order valence-corrected chi connectivity index (χ0v) is 9.94. The zero-order valence-electron chi connectivity index (χ0n) is 9.94. The van der Waals surface area contributed by atoms with Gasteiger partial charge in [-0.3, -0.25) is 0 Å². The maximum Gasteiger partial charge on any atom is 0.335 e. The fraction of sp³-hybridized carbons (Fsp3) is 0.385. The van der Waals surface area contributed by atoms with Gasteiger partial charge < -0.3 is 15.4 Å². The van der Waals surface area contributed by atoms with Gasteiger partial charge >= 0.3 is 5.97 Å². The lowest BCUT2D eigenvalue weighted by molar-refractivity contribution is 0.0697. The van der Waals surface area contributed by atoms with Crippen LogP contribution in [0.5, 0.6) is 0 Å². The molecule has 1 aliphatic heterocycles. The summed E-state index contributed by atoms with van der Waals surface area (Å²) in [6.45, 7) is 1.08. The number of aromatic amines is 1. The normalized spacial score (nSPS) is 19.4. The summed E-state index contributed by atoms with van der Waals surface area (Å²) < 4.78 is 0. The maximum absolute atomic E-state index is 10.9. The Labute approximate surface area is 104 Å². The first-order chi connectivity index (χ1) is 8.72. The van der Waals surface area contributed by atoms with E-state index in [0.29, 0.717) is 6.04 Å². The summed E-state index contributed by atoms with van der Waals surface area (Å²) in [7, 11) is 0. The third kappa shape index (κ3) is 2.09. The molecule has 1 fully saturated rings. The predicted octanol–water partition coefficient (Wildman–Crippen LogP) is 1.56. The molecule has 2 heterocycles. The molecule has 1 unspecified atom stereocenters. The van der Waals surface area contributed by atoms with Crippen molar-refractivity contribution in [2.24, 2.45) is 0 Å². The van der Waals surface area contributed by atoms with Crippen molar-refractivity contribution < 1.29 is 9.90 Å². The lowest BCUT2D eigenvalue weighted by Crippen LogP contribution is -2.24. The maximum atomic E-state index is 10.9. The molecule has 1 aliphatic rings. The van der Waals surface area contributed by atoms with E-state index in [2.05, 4.69) is 15.3 Å². The first kappa shape index (κ1) is 11.2. The van der Waals surface area contributed by atoms with Crippen molar-refractivity contribution in [1.29, 1.82) is 0 Å². The lowest BCUT2D eigenvalue weighted by atomic mass is 10.1. The van der Waals surface area contributed by atoms with Gasteiger partial charge in [-0.15, -0.1) is 0 Å². The highest BCUT2D eigenvalue weighted by Gasteiger charge is 2.16. The molecular weight excluding hydrogens is 230 g/mol. The number of aromatic carboxylic acids is 1. The molecule has 3 rings (SSSR count). The first-order valence-corrected chi connectivity index (χ1v) is 6.18. The van der Waals surface area contributed by atoms with Crippen LogP contribution in [0.3, 0.4) is 0 Å². The summed E-state index contributed by atoms with van der Waals surface area (Å²) in [4.78, 5) is 18.6. The van der Waals surface area contributed by atoms with Gasteiger partial charge in [0.1, 0.15) is 5.82 Å². The number of H-pyrrole nitrogens is 1. The quantitative estimate of drug-likeness (QED) is 0.766. The fourth-order valence-electron chi connectivity index (χ4n) is 2.46. The van der Waals surface area contributed by atoms with Crippen molar-refractivity contribution in [3.63, 3.8) is 0 Å². The summed E-state index contributed by atoms with van der Waals surface area (Å²) >= 11 is 0. The molecule has 1 saturated heterocycles. The molecule has 18 heavy (non-hydrogen) atoms. The highest BCUT2D eigenvalue weighted by atomic mass is 16.4. The van der Waals surface area contributed by atoms with Crippen molar-refractivity contribution in [1.82, 2.24) is 15.3 Å². The molecule has 5 nitrogen and oxygen atoms in total. The Balaban J connectivity index is 1.87. The molecule has 0 amide bonds. The zero-order chi connectivity index (χ0) is 12.5. The minimum atomic E-state index is -0.912. The van der Waals surface area contributed by atoms with E-state index in [1.807, 2.05) is 0 Å². The van der Waals surface area contributed by atoms with Crippen molar-refractivity contribution in [3.05, 3.63) is 29.6 Å². The third-order valence-corrected chi connectivity index (χ3v) is 3.38. The van der Waals surface area contributed by atoms with Crippen LogP contribution < -0.4 is 5.32 Å². The largest absolute Gasteiger partial charge is 0.478 e. The Morgan fingerprint density at radius 2 is 2.39 bits per heavy atom. The number of nitrogens with one attached hydrogen (secondary N) is 2. The minimum absolute atomic E-state index is 0.289. The molecule has 0 bridgehead atoms. The van der Waals surface area contributed by atoms with Crippen LogP contribution >= 0.6 is 0 Å². The number of aromatic nitrogens is 2. The number of carbonyl (C=O) groups is 1. The van der Waals surface area contributed by atoms with E-state index in [-0.39, 0.29) is 5.56 Å². The second-order valence-corrected chi connectivity index (χ2v) is 4.72. The highest BCUT2D eigenvalue weighted by molar-refractivity contribution is 5.92. The first-order valence-electron chi connectivity index (χ1n) is 6.18. The molecular formula is C13H15N3O2. The van der Waals surface area contributed by atoms with Crippen LogP contribution in [0.15, 0.2) is 18.2 Å².